The van der Waals surface area contributed by atoms with Gasteiger partial charge in [0.2, 0.25) is 11.9 Å². The number of anilines is 3. The van der Waals surface area contributed by atoms with Crippen LogP contribution in [-0.2, 0) is 0 Å². The molecule has 8 nitrogen and oxygen atoms in total. The molecule has 0 spiro atoms. The predicted molar refractivity (Wildman–Crippen MR) is 101 cm³/mol. The van der Waals surface area contributed by atoms with E-state index in [4.69, 9.17) is 9.47 Å². The maximum atomic E-state index is 5.32. The first-order valence-electron chi connectivity index (χ1n) is 8.89. The largest absolute Gasteiger partial charge is 0.493 e. The molecule has 26 heavy (non-hydrogen) atoms. The molecular weight excluding hydrogens is 332 g/mol. The zero-order chi connectivity index (χ0) is 18.4. The first-order valence-corrected chi connectivity index (χ1v) is 8.89. The minimum Gasteiger partial charge on any atom is -0.493 e. The monoisotopic (exact) mass is 358 g/mol. The van der Waals surface area contributed by atoms with Crippen molar-refractivity contribution in [2.75, 3.05) is 44.5 Å². The van der Waals surface area contributed by atoms with Crippen LogP contribution >= 0.6 is 0 Å². The Balaban J connectivity index is 1.64. The fraction of sp³-hybridized carbons (Fsp3) is 0.500. The second-order valence-corrected chi connectivity index (χ2v) is 6.13. The van der Waals surface area contributed by atoms with Crippen LogP contribution in [0.25, 0.3) is 0 Å². The summed E-state index contributed by atoms with van der Waals surface area (Å²) < 4.78 is 10.6. The molecule has 1 saturated heterocycles. The summed E-state index contributed by atoms with van der Waals surface area (Å²) in [6, 6.07) is 6.10. The zero-order valence-corrected chi connectivity index (χ0v) is 15.5. The SMILES string of the molecule is CCN1CCCC1CNc1ncnc(Nc2ccc(OC)c(OC)c2)n1. The molecule has 2 N–H and O–H groups in total. The van der Waals surface area contributed by atoms with Gasteiger partial charge in [-0.1, -0.05) is 6.92 Å². The third kappa shape index (κ3) is 4.32. The van der Waals surface area contributed by atoms with E-state index in [2.05, 4.69) is 37.4 Å². The number of methoxy groups -OCH3 is 2. The van der Waals surface area contributed by atoms with Crippen LogP contribution in [0.15, 0.2) is 24.5 Å². The second kappa shape index (κ2) is 8.66. The molecule has 1 aliphatic rings. The van der Waals surface area contributed by atoms with Crippen molar-refractivity contribution in [2.45, 2.75) is 25.8 Å². The van der Waals surface area contributed by atoms with Crippen LogP contribution < -0.4 is 20.1 Å². The number of nitrogens with zero attached hydrogens (tertiary/aromatic N) is 4. The summed E-state index contributed by atoms with van der Waals surface area (Å²) >= 11 is 0. The predicted octanol–water partition coefficient (Wildman–Crippen LogP) is 2.53. The Kier molecular flexibility index (Phi) is 6.06. The van der Waals surface area contributed by atoms with Gasteiger partial charge in [-0.3, -0.25) is 4.90 Å². The Bertz CT molecular complexity index is 727. The van der Waals surface area contributed by atoms with E-state index in [1.165, 1.54) is 25.7 Å². The van der Waals surface area contributed by atoms with Gasteiger partial charge in [0.25, 0.3) is 0 Å². The van der Waals surface area contributed by atoms with Crippen molar-refractivity contribution in [3.05, 3.63) is 24.5 Å². The smallest absolute Gasteiger partial charge is 0.231 e. The second-order valence-electron chi connectivity index (χ2n) is 6.13. The Morgan fingerprint density at radius 2 is 1.96 bits per heavy atom. The number of benzene rings is 1. The molecular formula is C18H26N6O2. The van der Waals surface area contributed by atoms with Crippen molar-refractivity contribution in [3.63, 3.8) is 0 Å². The summed E-state index contributed by atoms with van der Waals surface area (Å²) in [5.41, 5.74) is 0.813. The standard InChI is InChI=1S/C18H26N6O2/c1-4-24-9-5-6-14(24)11-19-17-20-12-21-18(23-17)22-13-7-8-15(25-2)16(10-13)26-3/h7-8,10,12,14H,4-6,9,11H2,1-3H3,(H2,19,20,21,22,23). The lowest BCUT2D eigenvalue weighted by Gasteiger charge is -2.22. The molecule has 0 aliphatic carbocycles. The number of likely N-dealkylation sites (N-methyl/N-ethyl adjacent to an activating group) is 1. The summed E-state index contributed by atoms with van der Waals surface area (Å²) in [7, 11) is 3.22. The van der Waals surface area contributed by atoms with Crippen LogP contribution in [-0.4, -0.2) is 59.7 Å². The molecule has 1 unspecified atom stereocenters. The fourth-order valence-corrected chi connectivity index (χ4v) is 3.24. The van der Waals surface area contributed by atoms with Gasteiger partial charge < -0.3 is 20.1 Å². The maximum Gasteiger partial charge on any atom is 0.231 e. The van der Waals surface area contributed by atoms with Crippen molar-refractivity contribution >= 4 is 17.6 Å². The number of aromatic nitrogens is 3. The van der Waals surface area contributed by atoms with Crippen LogP contribution in [0.5, 0.6) is 11.5 Å². The molecule has 2 aromatic rings. The molecule has 0 radical (unpaired) electrons. The maximum absolute atomic E-state index is 5.32. The number of nitrogens with one attached hydrogen (secondary N) is 2. The highest BCUT2D eigenvalue weighted by Gasteiger charge is 2.22. The molecule has 2 heterocycles. The number of likely N-dealkylation sites (tertiary alicyclic amines) is 1. The van der Waals surface area contributed by atoms with Crippen molar-refractivity contribution in [1.82, 2.24) is 19.9 Å². The van der Waals surface area contributed by atoms with Gasteiger partial charge in [0.05, 0.1) is 14.2 Å². The van der Waals surface area contributed by atoms with Gasteiger partial charge in [-0.15, -0.1) is 0 Å². The van der Waals surface area contributed by atoms with Crippen LogP contribution in [0.1, 0.15) is 19.8 Å². The summed E-state index contributed by atoms with van der Waals surface area (Å²) in [5, 5.41) is 6.50. The number of rotatable bonds is 8. The van der Waals surface area contributed by atoms with Crippen LogP contribution in [0.4, 0.5) is 17.6 Å². The Morgan fingerprint density at radius 1 is 1.15 bits per heavy atom. The van der Waals surface area contributed by atoms with Gasteiger partial charge in [0.1, 0.15) is 6.33 Å². The highest BCUT2D eigenvalue weighted by atomic mass is 16.5. The minimum atomic E-state index is 0.480. The van der Waals surface area contributed by atoms with Gasteiger partial charge >= 0.3 is 0 Å². The summed E-state index contributed by atoms with van der Waals surface area (Å²) in [5.74, 6) is 2.37. The molecule has 0 bridgehead atoms. The van der Waals surface area contributed by atoms with Crippen molar-refractivity contribution in [1.29, 1.82) is 0 Å². The van der Waals surface area contributed by atoms with E-state index in [0.29, 0.717) is 29.4 Å². The molecule has 1 fully saturated rings. The van der Waals surface area contributed by atoms with Gasteiger partial charge in [-0.2, -0.15) is 4.98 Å². The minimum absolute atomic E-state index is 0.480. The van der Waals surface area contributed by atoms with Gasteiger partial charge in [-0.25, -0.2) is 9.97 Å². The van der Waals surface area contributed by atoms with E-state index in [9.17, 15) is 0 Å². The van der Waals surface area contributed by atoms with E-state index < -0.39 is 0 Å². The molecule has 1 aromatic carbocycles. The lowest BCUT2D eigenvalue weighted by atomic mass is 10.2. The Morgan fingerprint density at radius 3 is 2.73 bits per heavy atom. The highest BCUT2D eigenvalue weighted by molar-refractivity contribution is 5.60. The summed E-state index contributed by atoms with van der Waals surface area (Å²) in [6.45, 7) is 5.29. The highest BCUT2D eigenvalue weighted by Crippen LogP contribution is 2.30. The quantitative estimate of drug-likeness (QED) is 0.745. The first kappa shape index (κ1) is 18.2. The van der Waals surface area contributed by atoms with E-state index in [1.54, 1.807) is 14.2 Å². The Hall–Kier alpha value is -2.61. The van der Waals surface area contributed by atoms with Crippen LogP contribution in [0.3, 0.4) is 0 Å². The number of hydrogen-bond acceptors (Lipinski definition) is 8. The normalized spacial score (nSPS) is 17.1. The third-order valence-corrected chi connectivity index (χ3v) is 4.61. The van der Waals surface area contributed by atoms with Gasteiger partial charge in [-0.05, 0) is 38.1 Å². The molecule has 3 rings (SSSR count). The van der Waals surface area contributed by atoms with E-state index in [-0.39, 0.29) is 0 Å². The molecule has 1 aliphatic heterocycles. The summed E-state index contributed by atoms with van der Waals surface area (Å²) in [6.07, 6.45) is 3.97. The molecule has 1 aromatic heterocycles. The van der Waals surface area contributed by atoms with Crippen LogP contribution in [0, 0.1) is 0 Å². The molecule has 8 heteroatoms. The van der Waals surface area contributed by atoms with Crippen molar-refractivity contribution in [2.24, 2.45) is 0 Å². The molecule has 1 atom stereocenters. The molecule has 0 amide bonds. The van der Waals surface area contributed by atoms with E-state index in [1.807, 2.05) is 18.2 Å². The molecule has 140 valence electrons. The zero-order valence-electron chi connectivity index (χ0n) is 15.5. The number of hydrogen-bond donors (Lipinski definition) is 2. The topological polar surface area (TPSA) is 84.4 Å². The van der Waals surface area contributed by atoms with E-state index >= 15 is 0 Å². The lowest BCUT2D eigenvalue weighted by Crippen LogP contribution is -2.34. The van der Waals surface area contributed by atoms with Crippen LogP contribution in [0.2, 0.25) is 0 Å². The molecule has 0 saturated carbocycles. The van der Waals surface area contributed by atoms with Gasteiger partial charge in [0, 0.05) is 24.3 Å². The van der Waals surface area contributed by atoms with Crippen molar-refractivity contribution in [3.8, 4) is 11.5 Å². The average molecular weight is 358 g/mol. The Labute approximate surface area is 154 Å². The van der Waals surface area contributed by atoms with Gasteiger partial charge in [0.15, 0.2) is 11.5 Å². The number of ether oxygens (including phenoxy) is 2. The lowest BCUT2D eigenvalue weighted by molar-refractivity contribution is 0.277. The average Bonchev–Trinajstić information content (AvgIpc) is 3.14. The van der Waals surface area contributed by atoms with E-state index in [0.717, 1.165) is 18.8 Å². The first-order chi connectivity index (χ1) is 12.7. The third-order valence-electron chi connectivity index (χ3n) is 4.61. The summed E-state index contributed by atoms with van der Waals surface area (Å²) in [4.78, 5) is 15.3. The van der Waals surface area contributed by atoms with Crippen molar-refractivity contribution < 1.29 is 9.47 Å². The fourth-order valence-electron chi connectivity index (χ4n) is 3.24.